The Hall–Kier alpha value is -1.56. The first kappa shape index (κ1) is 13.5. The molecule has 0 aliphatic heterocycles. The number of hydrogen-bond donors (Lipinski definition) is 1. The third-order valence-electron chi connectivity index (χ3n) is 2.64. The second-order valence-electron chi connectivity index (χ2n) is 3.95. The Balaban J connectivity index is 2.58. The van der Waals surface area contributed by atoms with Gasteiger partial charge in [0.25, 0.3) is 5.91 Å². The SMILES string of the molecule is Cc1nn(C)c(C)c1OCC(=O)N(C)CCO. The summed E-state index contributed by atoms with van der Waals surface area (Å²) in [5.41, 5.74) is 1.66. The lowest BCUT2D eigenvalue weighted by Gasteiger charge is -2.15. The van der Waals surface area contributed by atoms with Gasteiger partial charge in [0, 0.05) is 20.6 Å². The summed E-state index contributed by atoms with van der Waals surface area (Å²) < 4.78 is 7.18. The molecule has 17 heavy (non-hydrogen) atoms. The van der Waals surface area contributed by atoms with Gasteiger partial charge in [-0.3, -0.25) is 9.48 Å². The van der Waals surface area contributed by atoms with Crippen LogP contribution in [-0.2, 0) is 11.8 Å². The Morgan fingerprint density at radius 3 is 2.65 bits per heavy atom. The van der Waals surface area contributed by atoms with Crippen LogP contribution in [0.1, 0.15) is 11.4 Å². The minimum atomic E-state index is -0.165. The molecule has 1 rings (SSSR count). The van der Waals surface area contributed by atoms with Gasteiger partial charge >= 0.3 is 0 Å². The molecule has 0 spiro atoms. The van der Waals surface area contributed by atoms with Crippen molar-refractivity contribution in [3.8, 4) is 5.75 Å². The van der Waals surface area contributed by atoms with Gasteiger partial charge in [0.2, 0.25) is 0 Å². The van der Waals surface area contributed by atoms with Crippen LogP contribution >= 0.6 is 0 Å². The van der Waals surface area contributed by atoms with E-state index in [2.05, 4.69) is 5.10 Å². The highest BCUT2D eigenvalue weighted by Gasteiger charge is 2.14. The number of likely N-dealkylation sites (N-methyl/N-ethyl adjacent to an activating group) is 1. The molecule has 1 N–H and O–H groups in total. The largest absolute Gasteiger partial charge is 0.480 e. The lowest BCUT2D eigenvalue weighted by Crippen LogP contribution is -2.33. The Morgan fingerprint density at radius 2 is 2.18 bits per heavy atom. The molecule has 0 unspecified atom stereocenters. The van der Waals surface area contributed by atoms with E-state index in [0.717, 1.165) is 11.4 Å². The van der Waals surface area contributed by atoms with Crippen molar-refractivity contribution in [1.29, 1.82) is 0 Å². The molecule has 1 amide bonds. The first-order valence-electron chi connectivity index (χ1n) is 5.45. The normalized spacial score (nSPS) is 10.4. The van der Waals surface area contributed by atoms with Crippen molar-refractivity contribution in [2.24, 2.45) is 7.05 Å². The highest BCUT2D eigenvalue weighted by atomic mass is 16.5. The lowest BCUT2D eigenvalue weighted by molar-refractivity contribution is -0.132. The van der Waals surface area contributed by atoms with Crippen LogP contribution in [0, 0.1) is 13.8 Å². The number of nitrogens with zero attached hydrogens (tertiary/aromatic N) is 3. The minimum absolute atomic E-state index is 0.0378. The number of aryl methyl sites for hydroxylation is 2. The van der Waals surface area contributed by atoms with Crippen molar-refractivity contribution in [3.05, 3.63) is 11.4 Å². The summed E-state index contributed by atoms with van der Waals surface area (Å²) in [4.78, 5) is 13.0. The molecule has 1 aromatic heterocycles. The molecule has 0 bridgehead atoms. The fourth-order valence-corrected chi connectivity index (χ4v) is 1.48. The van der Waals surface area contributed by atoms with Crippen LogP contribution in [0.3, 0.4) is 0 Å². The van der Waals surface area contributed by atoms with Crippen LogP contribution in [0.15, 0.2) is 0 Å². The third kappa shape index (κ3) is 3.20. The van der Waals surface area contributed by atoms with Crippen LogP contribution < -0.4 is 4.74 Å². The van der Waals surface area contributed by atoms with E-state index < -0.39 is 0 Å². The number of rotatable bonds is 5. The van der Waals surface area contributed by atoms with Gasteiger partial charge < -0.3 is 14.7 Å². The average Bonchev–Trinajstić information content (AvgIpc) is 2.51. The molecule has 0 atom stereocenters. The molecular formula is C11H19N3O3. The molecule has 0 radical (unpaired) electrons. The van der Waals surface area contributed by atoms with Gasteiger partial charge in [-0.15, -0.1) is 0 Å². The van der Waals surface area contributed by atoms with Crippen LogP contribution in [0.5, 0.6) is 5.75 Å². The van der Waals surface area contributed by atoms with Crippen LogP contribution in [0.2, 0.25) is 0 Å². The molecule has 1 heterocycles. The van der Waals surface area contributed by atoms with Gasteiger partial charge in [0.15, 0.2) is 12.4 Å². The van der Waals surface area contributed by atoms with Gasteiger partial charge in [-0.05, 0) is 13.8 Å². The summed E-state index contributed by atoms with van der Waals surface area (Å²) in [5, 5.41) is 12.9. The smallest absolute Gasteiger partial charge is 0.260 e. The zero-order valence-electron chi connectivity index (χ0n) is 10.7. The van der Waals surface area contributed by atoms with E-state index in [4.69, 9.17) is 9.84 Å². The monoisotopic (exact) mass is 241 g/mol. The quantitative estimate of drug-likeness (QED) is 0.779. The summed E-state index contributed by atoms with van der Waals surface area (Å²) in [6.45, 7) is 3.95. The van der Waals surface area contributed by atoms with Gasteiger partial charge in [0.1, 0.15) is 5.69 Å². The Labute approximate surface area is 101 Å². The average molecular weight is 241 g/mol. The van der Waals surface area contributed by atoms with E-state index in [9.17, 15) is 4.79 Å². The molecule has 0 aliphatic rings. The Bertz CT molecular complexity index is 401. The summed E-state index contributed by atoms with van der Waals surface area (Å²) in [5.74, 6) is 0.486. The zero-order chi connectivity index (χ0) is 13.0. The summed E-state index contributed by atoms with van der Waals surface area (Å²) in [6.07, 6.45) is 0. The van der Waals surface area contributed by atoms with Crippen molar-refractivity contribution in [2.75, 3.05) is 26.8 Å². The molecule has 6 heteroatoms. The standard InChI is InChI=1S/C11H19N3O3/c1-8-11(9(2)14(4)12-8)17-7-10(16)13(3)5-6-15/h15H,5-7H2,1-4H3. The molecular weight excluding hydrogens is 222 g/mol. The second kappa shape index (κ2) is 5.67. The summed E-state index contributed by atoms with van der Waals surface area (Å²) >= 11 is 0. The molecule has 0 saturated heterocycles. The number of hydrogen-bond acceptors (Lipinski definition) is 4. The highest BCUT2D eigenvalue weighted by Crippen LogP contribution is 2.21. The fraction of sp³-hybridized carbons (Fsp3) is 0.636. The minimum Gasteiger partial charge on any atom is -0.480 e. The van der Waals surface area contributed by atoms with Gasteiger partial charge in [0.05, 0.1) is 12.3 Å². The van der Waals surface area contributed by atoms with E-state index in [1.165, 1.54) is 4.90 Å². The van der Waals surface area contributed by atoms with Crippen molar-refractivity contribution in [1.82, 2.24) is 14.7 Å². The summed E-state index contributed by atoms with van der Waals surface area (Å²) in [7, 11) is 3.46. The number of aromatic nitrogens is 2. The van der Waals surface area contributed by atoms with Gasteiger partial charge in [-0.1, -0.05) is 0 Å². The number of aliphatic hydroxyl groups excluding tert-OH is 1. The van der Waals surface area contributed by atoms with Crippen LogP contribution in [0.25, 0.3) is 0 Å². The number of aliphatic hydroxyl groups is 1. The zero-order valence-corrected chi connectivity index (χ0v) is 10.7. The van der Waals surface area contributed by atoms with E-state index in [1.807, 2.05) is 20.9 Å². The molecule has 0 saturated carbocycles. The number of amides is 1. The Kier molecular flexibility index (Phi) is 4.51. The fourth-order valence-electron chi connectivity index (χ4n) is 1.48. The van der Waals surface area contributed by atoms with E-state index in [0.29, 0.717) is 12.3 Å². The maximum absolute atomic E-state index is 11.6. The predicted octanol–water partition coefficient (Wildman–Crippen LogP) is -0.134. The molecule has 96 valence electrons. The van der Waals surface area contributed by atoms with E-state index in [1.54, 1.807) is 11.7 Å². The topological polar surface area (TPSA) is 67.6 Å². The van der Waals surface area contributed by atoms with Crippen LogP contribution in [0.4, 0.5) is 0 Å². The highest BCUT2D eigenvalue weighted by molar-refractivity contribution is 5.77. The van der Waals surface area contributed by atoms with Gasteiger partial charge in [-0.25, -0.2) is 0 Å². The third-order valence-corrected chi connectivity index (χ3v) is 2.64. The second-order valence-corrected chi connectivity index (χ2v) is 3.95. The molecule has 6 nitrogen and oxygen atoms in total. The van der Waals surface area contributed by atoms with Crippen LogP contribution in [-0.4, -0.2) is 52.5 Å². The van der Waals surface area contributed by atoms with Crippen molar-refractivity contribution < 1.29 is 14.6 Å². The Morgan fingerprint density at radius 1 is 1.53 bits per heavy atom. The molecule has 0 aliphatic carbocycles. The first-order valence-corrected chi connectivity index (χ1v) is 5.45. The van der Waals surface area contributed by atoms with Crippen molar-refractivity contribution >= 4 is 5.91 Å². The van der Waals surface area contributed by atoms with E-state index in [-0.39, 0.29) is 19.1 Å². The maximum atomic E-state index is 11.6. The van der Waals surface area contributed by atoms with Gasteiger partial charge in [-0.2, -0.15) is 5.10 Å². The summed E-state index contributed by atoms with van der Waals surface area (Å²) in [6, 6.07) is 0. The molecule has 1 aromatic rings. The lowest BCUT2D eigenvalue weighted by atomic mass is 10.3. The first-order chi connectivity index (χ1) is 7.97. The van der Waals surface area contributed by atoms with Crippen molar-refractivity contribution in [3.63, 3.8) is 0 Å². The number of carbonyl (C=O) groups is 1. The number of ether oxygens (including phenoxy) is 1. The predicted molar refractivity (Wildman–Crippen MR) is 62.9 cm³/mol. The van der Waals surface area contributed by atoms with Crippen molar-refractivity contribution in [2.45, 2.75) is 13.8 Å². The molecule has 0 fully saturated rings. The number of carbonyl (C=O) groups excluding carboxylic acids is 1. The van der Waals surface area contributed by atoms with E-state index >= 15 is 0 Å². The maximum Gasteiger partial charge on any atom is 0.260 e. The molecule has 0 aromatic carbocycles.